The predicted molar refractivity (Wildman–Crippen MR) is 74.6 cm³/mol. The second-order valence-corrected chi connectivity index (χ2v) is 4.86. The zero-order chi connectivity index (χ0) is 13.0. The molecule has 0 spiro atoms. The molecular weight excluding hydrogens is 244 g/mol. The summed E-state index contributed by atoms with van der Waals surface area (Å²) >= 11 is 1.60. The van der Waals surface area contributed by atoms with Crippen LogP contribution < -0.4 is 5.73 Å². The summed E-state index contributed by atoms with van der Waals surface area (Å²) in [5.74, 6) is 0.866. The van der Waals surface area contributed by atoms with Gasteiger partial charge in [0.1, 0.15) is 0 Å². The van der Waals surface area contributed by atoms with Crippen LogP contribution in [0.4, 0.5) is 0 Å². The van der Waals surface area contributed by atoms with E-state index in [9.17, 15) is 0 Å². The molecular formula is C13H18N4S. The fourth-order valence-electron chi connectivity index (χ4n) is 1.98. The Bertz CT molecular complexity index is 495. The van der Waals surface area contributed by atoms with E-state index in [-0.39, 0.29) is 6.04 Å². The molecule has 1 aromatic heterocycles. The molecule has 2 aromatic rings. The van der Waals surface area contributed by atoms with Gasteiger partial charge in [-0.2, -0.15) is 0 Å². The smallest absolute Gasteiger partial charge is 0.190 e. The Morgan fingerprint density at radius 1 is 1.28 bits per heavy atom. The molecule has 4 nitrogen and oxygen atoms in total. The zero-order valence-electron chi connectivity index (χ0n) is 10.7. The molecule has 0 unspecified atom stereocenters. The summed E-state index contributed by atoms with van der Waals surface area (Å²) in [7, 11) is 0. The van der Waals surface area contributed by atoms with Crippen LogP contribution in [0.25, 0.3) is 0 Å². The highest BCUT2D eigenvalue weighted by molar-refractivity contribution is 7.98. The molecule has 0 aliphatic rings. The van der Waals surface area contributed by atoms with E-state index in [1.807, 2.05) is 24.5 Å². The Balaban J connectivity index is 2.18. The first-order valence-corrected chi connectivity index (χ1v) is 7.25. The lowest BCUT2D eigenvalue weighted by atomic mass is 10.1. The van der Waals surface area contributed by atoms with Gasteiger partial charge in [-0.05, 0) is 25.2 Å². The quantitative estimate of drug-likeness (QED) is 0.840. The summed E-state index contributed by atoms with van der Waals surface area (Å²) in [5.41, 5.74) is 7.46. The van der Waals surface area contributed by atoms with Crippen LogP contribution in [0.3, 0.4) is 0 Å². The molecule has 5 heteroatoms. The standard InChI is InChI=1S/C13H18N4S/c1-3-17-12(15-16-13(17)18-2)11(14)9-10-7-5-4-6-8-10/h4-8,11H,3,9,14H2,1-2H3/t11-/m0/s1. The van der Waals surface area contributed by atoms with Gasteiger partial charge in [-0.3, -0.25) is 0 Å². The summed E-state index contributed by atoms with van der Waals surface area (Å²) in [6.07, 6.45) is 2.79. The van der Waals surface area contributed by atoms with Crippen LogP contribution in [0.2, 0.25) is 0 Å². The molecule has 0 fully saturated rings. The third-order valence-corrected chi connectivity index (χ3v) is 3.54. The van der Waals surface area contributed by atoms with Gasteiger partial charge < -0.3 is 10.3 Å². The third kappa shape index (κ3) is 2.73. The molecule has 0 saturated carbocycles. The lowest BCUT2D eigenvalue weighted by Crippen LogP contribution is -2.19. The summed E-state index contributed by atoms with van der Waals surface area (Å²) in [6, 6.07) is 10.1. The molecule has 1 atom stereocenters. The van der Waals surface area contributed by atoms with E-state index in [4.69, 9.17) is 5.73 Å². The SMILES string of the molecule is CCn1c(SC)nnc1[C@@H](N)Cc1ccccc1. The van der Waals surface area contributed by atoms with Gasteiger partial charge in [0.15, 0.2) is 11.0 Å². The number of hydrogen-bond acceptors (Lipinski definition) is 4. The Morgan fingerprint density at radius 2 is 2.00 bits per heavy atom. The van der Waals surface area contributed by atoms with Crippen molar-refractivity contribution in [1.82, 2.24) is 14.8 Å². The normalized spacial score (nSPS) is 12.6. The van der Waals surface area contributed by atoms with Crippen LogP contribution >= 0.6 is 11.8 Å². The fraction of sp³-hybridized carbons (Fsp3) is 0.385. The van der Waals surface area contributed by atoms with Crippen molar-refractivity contribution in [2.75, 3.05) is 6.26 Å². The summed E-state index contributed by atoms with van der Waals surface area (Å²) in [5, 5.41) is 9.31. The van der Waals surface area contributed by atoms with E-state index >= 15 is 0 Å². The van der Waals surface area contributed by atoms with E-state index in [2.05, 4.69) is 33.8 Å². The minimum Gasteiger partial charge on any atom is -0.321 e. The average Bonchev–Trinajstić information content (AvgIpc) is 2.82. The molecule has 2 rings (SSSR count). The van der Waals surface area contributed by atoms with Gasteiger partial charge >= 0.3 is 0 Å². The third-order valence-electron chi connectivity index (χ3n) is 2.87. The van der Waals surface area contributed by atoms with Crippen molar-refractivity contribution in [3.63, 3.8) is 0 Å². The molecule has 0 bridgehead atoms. The first-order valence-electron chi connectivity index (χ1n) is 6.02. The highest BCUT2D eigenvalue weighted by Crippen LogP contribution is 2.19. The Kier molecular flexibility index (Phi) is 4.38. The molecule has 0 amide bonds. The number of nitrogens with two attached hydrogens (primary N) is 1. The molecule has 0 radical (unpaired) electrons. The molecule has 1 heterocycles. The second-order valence-electron chi connectivity index (χ2n) is 4.09. The summed E-state index contributed by atoms with van der Waals surface area (Å²) < 4.78 is 2.08. The van der Waals surface area contributed by atoms with Crippen molar-refractivity contribution < 1.29 is 0 Å². The molecule has 18 heavy (non-hydrogen) atoms. The number of nitrogens with zero attached hydrogens (tertiary/aromatic N) is 3. The topological polar surface area (TPSA) is 56.7 Å². The van der Waals surface area contributed by atoms with Gasteiger partial charge in [-0.1, -0.05) is 42.1 Å². The van der Waals surface area contributed by atoms with E-state index in [1.54, 1.807) is 11.8 Å². The first kappa shape index (κ1) is 13.1. The van der Waals surface area contributed by atoms with E-state index in [0.717, 1.165) is 23.9 Å². The van der Waals surface area contributed by atoms with Crippen LogP contribution in [-0.2, 0) is 13.0 Å². The van der Waals surface area contributed by atoms with Gasteiger partial charge in [0, 0.05) is 6.54 Å². The van der Waals surface area contributed by atoms with Crippen molar-refractivity contribution in [3.05, 3.63) is 41.7 Å². The number of benzene rings is 1. The summed E-state index contributed by atoms with van der Waals surface area (Å²) in [6.45, 7) is 2.93. The maximum Gasteiger partial charge on any atom is 0.190 e. The van der Waals surface area contributed by atoms with Crippen molar-refractivity contribution in [1.29, 1.82) is 0 Å². The predicted octanol–water partition coefficient (Wildman–Crippen LogP) is 2.26. The number of aromatic nitrogens is 3. The maximum absolute atomic E-state index is 6.24. The van der Waals surface area contributed by atoms with Crippen LogP contribution in [0.5, 0.6) is 0 Å². The minimum absolute atomic E-state index is 0.110. The first-order chi connectivity index (χ1) is 8.76. The number of rotatable bonds is 5. The van der Waals surface area contributed by atoms with Gasteiger partial charge in [-0.15, -0.1) is 10.2 Å². The second kappa shape index (κ2) is 6.02. The minimum atomic E-state index is -0.110. The lowest BCUT2D eigenvalue weighted by molar-refractivity contribution is 0.576. The van der Waals surface area contributed by atoms with Crippen LogP contribution in [0.15, 0.2) is 35.5 Å². The highest BCUT2D eigenvalue weighted by atomic mass is 32.2. The van der Waals surface area contributed by atoms with Crippen molar-refractivity contribution >= 4 is 11.8 Å². The number of hydrogen-bond donors (Lipinski definition) is 1. The molecule has 0 aliphatic carbocycles. The zero-order valence-corrected chi connectivity index (χ0v) is 11.5. The average molecular weight is 262 g/mol. The van der Waals surface area contributed by atoms with Crippen molar-refractivity contribution in [2.45, 2.75) is 31.1 Å². The van der Waals surface area contributed by atoms with Crippen LogP contribution in [-0.4, -0.2) is 21.0 Å². The molecule has 2 N–H and O–H groups in total. The Hall–Kier alpha value is -1.33. The van der Waals surface area contributed by atoms with Gasteiger partial charge in [-0.25, -0.2) is 0 Å². The van der Waals surface area contributed by atoms with E-state index in [1.165, 1.54) is 5.56 Å². The Labute approximate surface area is 112 Å². The molecule has 96 valence electrons. The fourth-order valence-corrected chi connectivity index (χ4v) is 2.55. The van der Waals surface area contributed by atoms with Crippen molar-refractivity contribution in [3.8, 4) is 0 Å². The molecule has 1 aromatic carbocycles. The van der Waals surface area contributed by atoms with Gasteiger partial charge in [0.05, 0.1) is 6.04 Å². The van der Waals surface area contributed by atoms with E-state index in [0.29, 0.717) is 0 Å². The largest absolute Gasteiger partial charge is 0.321 e. The lowest BCUT2D eigenvalue weighted by Gasteiger charge is -2.13. The van der Waals surface area contributed by atoms with E-state index < -0.39 is 0 Å². The van der Waals surface area contributed by atoms with Crippen LogP contribution in [0, 0.1) is 0 Å². The molecule has 0 aliphatic heterocycles. The van der Waals surface area contributed by atoms with Gasteiger partial charge in [0.25, 0.3) is 0 Å². The monoisotopic (exact) mass is 262 g/mol. The Morgan fingerprint density at radius 3 is 2.61 bits per heavy atom. The summed E-state index contributed by atoms with van der Waals surface area (Å²) in [4.78, 5) is 0. The van der Waals surface area contributed by atoms with Crippen molar-refractivity contribution in [2.24, 2.45) is 5.73 Å². The maximum atomic E-state index is 6.24. The molecule has 0 saturated heterocycles. The van der Waals surface area contributed by atoms with Crippen LogP contribution in [0.1, 0.15) is 24.4 Å². The van der Waals surface area contributed by atoms with Gasteiger partial charge in [0.2, 0.25) is 0 Å². The number of thioether (sulfide) groups is 1. The highest BCUT2D eigenvalue weighted by Gasteiger charge is 2.17.